The predicted molar refractivity (Wildman–Crippen MR) is 87.8 cm³/mol. The molecule has 0 aliphatic heterocycles. The van der Waals surface area contributed by atoms with Crippen LogP contribution in [0.15, 0.2) is 47.0 Å². The Labute approximate surface area is 132 Å². The van der Waals surface area contributed by atoms with E-state index in [1.807, 2.05) is 30.3 Å². The second-order valence-electron chi connectivity index (χ2n) is 4.78. The van der Waals surface area contributed by atoms with E-state index in [2.05, 4.69) is 15.3 Å². The summed E-state index contributed by atoms with van der Waals surface area (Å²) >= 11 is 1.53. The minimum Gasteiger partial charge on any atom is -0.441 e. The molecule has 5 nitrogen and oxygen atoms in total. The Morgan fingerprint density at radius 2 is 2.23 bits per heavy atom. The van der Waals surface area contributed by atoms with E-state index in [1.165, 1.54) is 11.8 Å². The fourth-order valence-electron chi connectivity index (χ4n) is 2.05. The molecule has 0 radical (unpaired) electrons. The lowest BCUT2D eigenvalue weighted by atomic mass is 10.3. The van der Waals surface area contributed by atoms with Crippen LogP contribution >= 0.6 is 11.8 Å². The number of aryl methyl sites for hydroxylation is 1. The van der Waals surface area contributed by atoms with Crippen LogP contribution in [0, 0.1) is 6.92 Å². The first kappa shape index (κ1) is 14.6. The van der Waals surface area contributed by atoms with Crippen molar-refractivity contribution in [3.8, 4) is 0 Å². The highest BCUT2D eigenvalue weighted by Gasteiger charge is 2.07. The van der Waals surface area contributed by atoms with Gasteiger partial charge in [-0.25, -0.2) is 4.98 Å². The van der Waals surface area contributed by atoms with E-state index in [0.29, 0.717) is 28.7 Å². The Morgan fingerprint density at radius 1 is 1.32 bits per heavy atom. The van der Waals surface area contributed by atoms with Crippen LogP contribution in [-0.4, -0.2) is 21.6 Å². The fourth-order valence-corrected chi connectivity index (χ4v) is 2.79. The Kier molecular flexibility index (Phi) is 4.39. The first-order valence-electron chi connectivity index (χ1n) is 6.85. The average molecular weight is 313 g/mol. The first-order chi connectivity index (χ1) is 10.7. The molecule has 1 N–H and O–H groups in total. The number of carbonyl (C=O) groups excluding carboxylic acids is 1. The molecule has 0 saturated carbocycles. The molecule has 3 rings (SSSR count). The van der Waals surface area contributed by atoms with Crippen LogP contribution in [0.5, 0.6) is 0 Å². The zero-order valence-electron chi connectivity index (χ0n) is 12.1. The Bertz CT molecular complexity index is 786. The van der Waals surface area contributed by atoms with Gasteiger partial charge in [-0.15, -0.1) is 11.8 Å². The Balaban J connectivity index is 1.54. The van der Waals surface area contributed by atoms with Gasteiger partial charge in [0, 0.05) is 30.6 Å². The third-order valence-corrected chi connectivity index (χ3v) is 3.95. The lowest BCUT2D eigenvalue weighted by Crippen LogP contribution is -2.14. The number of aromatic nitrogens is 2. The van der Waals surface area contributed by atoms with E-state index in [-0.39, 0.29) is 5.91 Å². The number of nitrogens with one attached hydrogen (secondary N) is 1. The quantitative estimate of drug-likeness (QED) is 0.782. The summed E-state index contributed by atoms with van der Waals surface area (Å²) in [4.78, 5) is 20.4. The molecule has 0 spiro atoms. The number of pyridine rings is 1. The molecule has 6 heteroatoms. The summed E-state index contributed by atoms with van der Waals surface area (Å²) in [6.45, 7) is 1.80. The number of carbonyl (C=O) groups is 1. The monoisotopic (exact) mass is 313 g/mol. The van der Waals surface area contributed by atoms with Gasteiger partial charge < -0.3 is 9.73 Å². The van der Waals surface area contributed by atoms with Crippen molar-refractivity contribution in [2.45, 2.75) is 12.7 Å². The molecule has 0 atom stereocenters. The highest BCUT2D eigenvalue weighted by Crippen LogP contribution is 2.20. The molecule has 1 amide bonds. The van der Waals surface area contributed by atoms with E-state index < -0.39 is 0 Å². The normalized spacial score (nSPS) is 10.8. The molecular formula is C16H15N3O2S. The SMILES string of the molecule is Cc1nc2ccc(NC(=O)CSCc3ccccn3)cc2o1. The van der Waals surface area contributed by atoms with Gasteiger partial charge in [0.05, 0.1) is 11.4 Å². The van der Waals surface area contributed by atoms with E-state index in [9.17, 15) is 4.79 Å². The van der Waals surface area contributed by atoms with Gasteiger partial charge in [0.1, 0.15) is 5.52 Å². The Morgan fingerprint density at radius 3 is 3.05 bits per heavy atom. The number of hydrogen-bond acceptors (Lipinski definition) is 5. The average Bonchev–Trinajstić information content (AvgIpc) is 2.87. The molecule has 22 heavy (non-hydrogen) atoms. The van der Waals surface area contributed by atoms with Crippen LogP contribution in [0.1, 0.15) is 11.6 Å². The summed E-state index contributed by atoms with van der Waals surface area (Å²) in [5.41, 5.74) is 3.16. The number of fused-ring (bicyclic) bond motifs is 1. The van der Waals surface area contributed by atoms with Crippen molar-refractivity contribution in [3.05, 3.63) is 54.2 Å². The van der Waals surface area contributed by atoms with Crippen molar-refractivity contribution < 1.29 is 9.21 Å². The summed E-state index contributed by atoms with van der Waals surface area (Å²) < 4.78 is 5.45. The van der Waals surface area contributed by atoms with Crippen molar-refractivity contribution in [2.24, 2.45) is 0 Å². The molecule has 0 aliphatic rings. The van der Waals surface area contributed by atoms with E-state index in [1.54, 1.807) is 19.2 Å². The number of amides is 1. The number of rotatable bonds is 5. The van der Waals surface area contributed by atoms with Gasteiger partial charge in [0.15, 0.2) is 11.5 Å². The van der Waals surface area contributed by atoms with Gasteiger partial charge in [-0.05, 0) is 24.3 Å². The summed E-state index contributed by atoms with van der Waals surface area (Å²) in [6.07, 6.45) is 1.75. The minimum atomic E-state index is -0.0449. The van der Waals surface area contributed by atoms with Crippen molar-refractivity contribution in [1.82, 2.24) is 9.97 Å². The van der Waals surface area contributed by atoms with Crippen LogP contribution in [0.25, 0.3) is 11.1 Å². The summed E-state index contributed by atoms with van der Waals surface area (Å²) in [6, 6.07) is 11.2. The number of thioether (sulfide) groups is 1. The lowest BCUT2D eigenvalue weighted by molar-refractivity contribution is -0.113. The van der Waals surface area contributed by atoms with E-state index in [0.717, 1.165) is 11.2 Å². The van der Waals surface area contributed by atoms with Crippen LogP contribution in [0.3, 0.4) is 0 Å². The van der Waals surface area contributed by atoms with E-state index >= 15 is 0 Å². The van der Waals surface area contributed by atoms with Gasteiger partial charge in [-0.3, -0.25) is 9.78 Å². The zero-order valence-corrected chi connectivity index (χ0v) is 12.9. The molecule has 2 heterocycles. The maximum Gasteiger partial charge on any atom is 0.234 e. The van der Waals surface area contributed by atoms with Gasteiger partial charge in [-0.1, -0.05) is 6.07 Å². The number of benzene rings is 1. The Hall–Kier alpha value is -2.34. The molecule has 0 bridgehead atoms. The topological polar surface area (TPSA) is 68.0 Å². The smallest absolute Gasteiger partial charge is 0.234 e. The van der Waals surface area contributed by atoms with Crippen LogP contribution in [0.2, 0.25) is 0 Å². The standard InChI is InChI=1S/C16H15N3O2S/c1-11-18-14-6-5-12(8-15(14)21-11)19-16(20)10-22-9-13-4-2-3-7-17-13/h2-8H,9-10H2,1H3,(H,19,20). The molecule has 0 fully saturated rings. The largest absolute Gasteiger partial charge is 0.441 e. The number of nitrogens with zero attached hydrogens (tertiary/aromatic N) is 2. The molecular weight excluding hydrogens is 298 g/mol. The maximum atomic E-state index is 11.9. The van der Waals surface area contributed by atoms with Gasteiger partial charge in [0.25, 0.3) is 0 Å². The summed E-state index contributed by atoms with van der Waals surface area (Å²) in [5.74, 6) is 1.67. The highest BCUT2D eigenvalue weighted by molar-refractivity contribution is 7.99. The second kappa shape index (κ2) is 6.62. The summed E-state index contributed by atoms with van der Waals surface area (Å²) in [7, 11) is 0. The molecule has 112 valence electrons. The minimum absolute atomic E-state index is 0.0449. The predicted octanol–water partition coefficient (Wildman–Crippen LogP) is 3.40. The number of anilines is 1. The molecule has 0 aliphatic carbocycles. The molecule has 1 aromatic carbocycles. The van der Waals surface area contributed by atoms with Gasteiger partial charge in [-0.2, -0.15) is 0 Å². The van der Waals surface area contributed by atoms with Crippen LogP contribution in [0.4, 0.5) is 5.69 Å². The number of oxazole rings is 1. The maximum absolute atomic E-state index is 11.9. The third kappa shape index (κ3) is 3.65. The highest BCUT2D eigenvalue weighted by atomic mass is 32.2. The van der Waals surface area contributed by atoms with E-state index in [4.69, 9.17) is 4.42 Å². The third-order valence-electron chi connectivity index (χ3n) is 2.99. The van der Waals surface area contributed by atoms with Gasteiger partial charge in [0.2, 0.25) is 5.91 Å². The molecule has 0 unspecified atom stereocenters. The lowest BCUT2D eigenvalue weighted by Gasteiger charge is -2.04. The van der Waals surface area contributed by atoms with Crippen molar-refractivity contribution in [2.75, 3.05) is 11.1 Å². The number of hydrogen-bond donors (Lipinski definition) is 1. The fraction of sp³-hybridized carbons (Fsp3) is 0.188. The van der Waals surface area contributed by atoms with Crippen molar-refractivity contribution in [1.29, 1.82) is 0 Å². The zero-order chi connectivity index (χ0) is 15.4. The second-order valence-corrected chi connectivity index (χ2v) is 5.76. The van der Waals surface area contributed by atoms with Crippen LogP contribution in [-0.2, 0) is 10.5 Å². The molecule has 3 aromatic rings. The first-order valence-corrected chi connectivity index (χ1v) is 8.01. The van der Waals surface area contributed by atoms with Crippen LogP contribution < -0.4 is 5.32 Å². The van der Waals surface area contributed by atoms with Crippen molar-refractivity contribution in [3.63, 3.8) is 0 Å². The molecule has 0 saturated heterocycles. The summed E-state index contributed by atoms with van der Waals surface area (Å²) in [5, 5.41) is 2.86. The van der Waals surface area contributed by atoms with Gasteiger partial charge >= 0.3 is 0 Å². The van der Waals surface area contributed by atoms with Crippen molar-refractivity contribution >= 4 is 34.5 Å². The molecule has 2 aromatic heterocycles.